The summed E-state index contributed by atoms with van der Waals surface area (Å²) in [5.41, 5.74) is 1.07. The van der Waals surface area contributed by atoms with Gasteiger partial charge in [0.2, 0.25) is 17.6 Å². The summed E-state index contributed by atoms with van der Waals surface area (Å²) in [5, 5.41) is 3.87. The van der Waals surface area contributed by atoms with E-state index in [-0.39, 0.29) is 36.3 Å². The van der Waals surface area contributed by atoms with Gasteiger partial charge in [0, 0.05) is 18.5 Å². The number of hydrogen-bond acceptors (Lipinski definition) is 5. The number of hydrogen-bond donors (Lipinski definition) is 0. The molecule has 1 aliphatic rings. The largest absolute Gasteiger partial charge is 0.573 e. The van der Waals surface area contributed by atoms with E-state index < -0.39 is 18.2 Å². The number of halogens is 4. The van der Waals surface area contributed by atoms with Gasteiger partial charge in [-0.25, -0.2) is 4.39 Å². The third-order valence-electron chi connectivity index (χ3n) is 4.65. The number of ether oxygens (including phenoxy) is 1. The van der Waals surface area contributed by atoms with Gasteiger partial charge in [-0.15, -0.1) is 13.2 Å². The molecule has 0 spiro atoms. The van der Waals surface area contributed by atoms with E-state index in [1.165, 1.54) is 47.4 Å². The molecule has 4 rings (SSSR count). The van der Waals surface area contributed by atoms with E-state index in [4.69, 9.17) is 4.52 Å². The number of likely N-dealkylation sites (tertiary alicyclic amines) is 1. The lowest BCUT2D eigenvalue weighted by Gasteiger charge is -2.22. The SMILES string of the molecule is O=C1CCC(c2nc(-c3cccc(F)c3)no2)N1Cc1ccc(OC(F)(F)F)cc1. The second kappa shape index (κ2) is 7.77. The maximum Gasteiger partial charge on any atom is 0.573 e. The number of carbonyl (C=O) groups excluding carboxylic acids is 1. The average Bonchev–Trinajstić information content (AvgIpc) is 3.30. The van der Waals surface area contributed by atoms with E-state index in [0.717, 1.165) is 0 Å². The molecule has 0 bridgehead atoms. The molecule has 0 radical (unpaired) electrons. The molecule has 0 saturated carbocycles. The van der Waals surface area contributed by atoms with Gasteiger partial charge in [0.15, 0.2) is 0 Å². The average molecular weight is 421 g/mol. The Morgan fingerprint density at radius 2 is 1.93 bits per heavy atom. The maximum atomic E-state index is 13.4. The predicted octanol–water partition coefficient (Wildman–Crippen LogP) is 4.64. The highest BCUT2D eigenvalue weighted by atomic mass is 19.4. The third-order valence-corrected chi connectivity index (χ3v) is 4.65. The first kappa shape index (κ1) is 19.9. The van der Waals surface area contributed by atoms with Crippen molar-refractivity contribution < 1.29 is 31.6 Å². The quantitative estimate of drug-likeness (QED) is 0.562. The molecular weight excluding hydrogens is 406 g/mol. The van der Waals surface area contributed by atoms with Crippen LogP contribution in [0.3, 0.4) is 0 Å². The molecule has 1 aliphatic heterocycles. The highest BCUT2D eigenvalue weighted by Gasteiger charge is 2.36. The number of nitrogens with zero attached hydrogens (tertiary/aromatic N) is 3. The summed E-state index contributed by atoms with van der Waals surface area (Å²) in [7, 11) is 0. The molecule has 1 saturated heterocycles. The summed E-state index contributed by atoms with van der Waals surface area (Å²) in [5.74, 6) is -0.489. The minimum atomic E-state index is -4.77. The van der Waals surface area contributed by atoms with Crippen LogP contribution in [0.1, 0.15) is 30.3 Å². The second-order valence-corrected chi connectivity index (χ2v) is 6.73. The van der Waals surface area contributed by atoms with Crippen LogP contribution in [0.2, 0.25) is 0 Å². The lowest BCUT2D eigenvalue weighted by Crippen LogP contribution is -2.27. The first-order chi connectivity index (χ1) is 14.3. The van der Waals surface area contributed by atoms with Gasteiger partial charge >= 0.3 is 6.36 Å². The molecule has 2 aromatic carbocycles. The van der Waals surface area contributed by atoms with Crippen molar-refractivity contribution in [2.24, 2.45) is 0 Å². The topological polar surface area (TPSA) is 68.5 Å². The van der Waals surface area contributed by atoms with Crippen molar-refractivity contribution in [3.05, 3.63) is 65.8 Å². The van der Waals surface area contributed by atoms with Gasteiger partial charge < -0.3 is 14.2 Å². The lowest BCUT2D eigenvalue weighted by molar-refractivity contribution is -0.274. The minimum Gasteiger partial charge on any atom is -0.406 e. The van der Waals surface area contributed by atoms with Gasteiger partial charge in [-0.3, -0.25) is 4.79 Å². The van der Waals surface area contributed by atoms with Gasteiger partial charge in [0.1, 0.15) is 17.6 Å². The van der Waals surface area contributed by atoms with Crippen LogP contribution >= 0.6 is 0 Å². The molecule has 156 valence electrons. The Balaban J connectivity index is 1.50. The maximum absolute atomic E-state index is 13.4. The third kappa shape index (κ3) is 4.42. The fourth-order valence-corrected chi connectivity index (χ4v) is 3.30. The van der Waals surface area contributed by atoms with Gasteiger partial charge in [0.05, 0.1) is 0 Å². The summed E-state index contributed by atoms with van der Waals surface area (Å²) < 4.78 is 59.4. The molecule has 1 unspecified atom stereocenters. The fourth-order valence-electron chi connectivity index (χ4n) is 3.30. The Morgan fingerprint density at radius 1 is 1.17 bits per heavy atom. The van der Waals surface area contributed by atoms with Crippen molar-refractivity contribution in [2.45, 2.75) is 31.8 Å². The molecule has 10 heteroatoms. The van der Waals surface area contributed by atoms with Crippen LogP contribution in [-0.2, 0) is 11.3 Å². The van der Waals surface area contributed by atoms with Crippen molar-refractivity contribution in [3.63, 3.8) is 0 Å². The number of carbonyl (C=O) groups is 1. The molecule has 3 aromatic rings. The van der Waals surface area contributed by atoms with Crippen LogP contribution in [0, 0.1) is 5.82 Å². The Hall–Kier alpha value is -3.43. The first-order valence-electron chi connectivity index (χ1n) is 9.02. The van der Waals surface area contributed by atoms with Gasteiger partial charge in [-0.1, -0.05) is 29.4 Å². The zero-order chi connectivity index (χ0) is 21.3. The summed E-state index contributed by atoms with van der Waals surface area (Å²) in [4.78, 5) is 18.2. The van der Waals surface area contributed by atoms with Gasteiger partial charge in [-0.2, -0.15) is 4.98 Å². The van der Waals surface area contributed by atoms with Crippen LogP contribution in [0.5, 0.6) is 5.75 Å². The molecule has 30 heavy (non-hydrogen) atoms. The van der Waals surface area contributed by atoms with E-state index in [1.54, 1.807) is 6.07 Å². The molecule has 1 atom stereocenters. The van der Waals surface area contributed by atoms with Crippen LogP contribution < -0.4 is 4.74 Å². The molecular formula is C20H15F4N3O3. The molecule has 6 nitrogen and oxygen atoms in total. The number of aromatic nitrogens is 2. The lowest BCUT2D eigenvalue weighted by atomic mass is 10.1. The summed E-state index contributed by atoms with van der Waals surface area (Å²) >= 11 is 0. The van der Waals surface area contributed by atoms with Crippen LogP contribution in [-0.4, -0.2) is 27.3 Å². The summed E-state index contributed by atoms with van der Waals surface area (Å²) in [6, 6.07) is 10.5. The zero-order valence-electron chi connectivity index (χ0n) is 15.4. The Kier molecular flexibility index (Phi) is 5.15. The van der Waals surface area contributed by atoms with Crippen LogP contribution in [0.15, 0.2) is 53.1 Å². The highest BCUT2D eigenvalue weighted by molar-refractivity contribution is 5.78. The van der Waals surface area contributed by atoms with E-state index in [1.807, 2.05) is 0 Å². The normalized spacial score (nSPS) is 16.9. The van der Waals surface area contributed by atoms with Crippen molar-refractivity contribution in [1.29, 1.82) is 0 Å². The highest BCUT2D eigenvalue weighted by Crippen LogP contribution is 2.34. The van der Waals surface area contributed by atoms with E-state index >= 15 is 0 Å². The summed E-state index contributed by atoms with van der Waals surface area (Å²) in [6.45, 7) is 0.160. The van der Waals surface area contributed by atoms with Crippen molar-refractivity contribution in [3.8, 4) is 17.1 Å². The van der Waals surface area contributed by atoms with Crippen LogP contribution in [0.25, 0.3) is 11.4 Å². The van der Waals surface area contributed by atoms with Gasteiger partial charge in [-0.05, 0) is 36.2 Å². The molecule has 1 fully saturated rings. The number of alkyl halides is 3. The smallest absolute Gasteiger partial charge is 0.406 e. The molecule has 0 N–H and O–H groups in total. The predicted molar refractivity (Wildman–Crippen MR) is 95.3 cm³/mol. The Morgan fingerprint density at radius 3 is 2.63 bits per heavy atom. The van der Waals surface area contributed by atoms with E-state index in [2.05, 4.69) is 14.9 Å². The van der Waals surface area contributed by atoms with Crippen molar-refractivity contribution >= 4 is 5.91 Å². The van der Waals surface area contributed by atoms with Crippen molar-refractivity contribution in [2.75, 3.05) is 0 Å². The molecule has 1 aromatic heterocycles. The first-order valence-corrected chi connectivity index (χ1v) is 9.02. The van der Waals surface area contributed by atoms with E-state index in [0.29, 0.717) is 17.5 Å². The minimum absolute atomic E-state index is 0.138. The molecule has 0 aliphatic carbocycles. The fraction of sp³-hybridized carbons (Fsp3) is 0.250. The Labute approximate surface area is 168 Å². The van der Waals surface area contributed by atoms with Gasteiger partial charge in [0.25, 0.3) is 0 Å². The van der Waals surface area contributed by atoms with Crippen molar-refractivity contribution in [1.82, 2.24) is 15.0 Å². The van der Waals surface area contributed by atoms with E-state index in [9.17, 15) is 22.4 Å². The number of amides is 1. The number of benzene rings is 2. The number of rotatable bonds is 5. The molecule has 1 amide bonds. The van der Waals surface area contributed by atoms with Crippen LogP contribution in [0.4, 0.5) is 17.6 Å². The monoisotopic (exact) mass is 421 g/mol. The second-order valence-electron chi connectivity index (χ2n) is 6.73. The molecule has 2 heterocycles. The summed E-state index contributed by atoms with van der Waals surface area (Å²) in [6.07, 6.45) is -4.04. The zero-order valence-corrected chi connectivity index (χ0v) is 15.4. The standard InChI is InChI=1S/C20H15F4N3O3/c21-14-3-1-2-13(10-14)18-25-19(30-26-18)16-8-9-17(28)27(16)11-12-4-6-15(7-5-12)29-20(22,23)24/h1-7,10,16H,8-9,11H2. The Bertz CT molecular complexity index is 1050.